The van der Waals surface area contributed by atoms with E-state index in [-0.39, 0.29) is 14.6 Å². The third-order valence-corrected chi connectivity index (χ3v) is 11.8. The molecule has 5 heterocycles. The molecule has 3 aromatic carbocycles. The van der Waals surface area contributed by atoms with E-state index in [1.807, 2.05) is 24.5 Å². The maximum atomic E-state index is 11.8. The van der Waals surface area contributed by atoms with Gasteiger partial charge >= 0.3 is 18.5 Å². The molecule has 8 nitrogen and oxygen atoms in total. The highest BCUT2D eigenvalue weighted by Crippen LogP contribution is 2.35. The van der Waals surface area contributed by atoms with Gasteiger partial charge in [0.1, 0.15) is 0 Å². The summed E-state index contributed by atoms with van der Waals surface area (Å²) < 4.78 is 106. The molecule has 0 amide bonds. The average molecular weight is 999 g/mol. The second-order valence-electron chi connectivity index (χ2n) is 13.8. The minimum atomic E-state index is -4.92. The highest BCUT2D eigenvalue weighted by Gasteiger charge is 2.41. The second kappa shape index (κ2) is 23.1. The van der Waals surface area contributed by atoms with Crippen LogP contribution in [0.1, 0.15) is 48.3 Å². The monoisotopic (exact) mass is 998 g/mol. The second-order valence-corrected chi connectivity index (χ2v) is 16.6. The third-order valence-electron chi connectivity index (χ3n) is 9.09. The van der Waals surface area contributed by atoms with Crippen LogP contribution < -0.4 is 0 Å². The Hall–Kier alpha value is -7.03. The SMILES string of the molecule is O=C(CC(=O)C(F)(F)F)c1cccs1.O=C(CC(=O)C(F)(F)F)c1cccs1.O=C(CC(=O)C(F)(F)F)c1cccs1.c1ccc(-c2ccnc3c2ccc2c(-c4ccccc4)ccnc23)cc1. The molecule has 8 aromatic rings. The molecule has 0 fully saturated rings. The average Bonchev–Trinajstić information content (AvgIpc) is 4.15. The van der Waals surface area contributed by atoms with Gasteiger partial charge in [-0.15, -0.1) is 34.0 Å². The zero-order valence-electron chi connectivity index (χ0n) is 34.5. The Morgan fingerprint density at radius 2 is 0.676 bits per heavy atom. The molecule has 0 unspecified atom stereocenters. The van der Waals surface area contributed by atoms with Crippen LogP contribution in [0.5, 0.6) is 0 Å². The van der Waals surface area contributed by atoms with Gasteiger partial charge in [0.05, 0.1) is 44.9 Å². The summed E-state index contributed by atoms with van der Waals surface area (Å²) in [5.74, 6) is -8.38. The van der Waals surface area contributed by atoms with Gasteiger partial charge in [0, 0.05) is 23.2 Å². The predicted molar refractivity (Wildman–Crippen MR) is 241 cm³/mol. The van der Waals surface area contributed by atoms with E-state index >= 15 is 0 Å². The van der Waals surface area contributed by atoms with Gasteiger partial charge < -0.3 is 0 Å². The zero-order chi connectivity index (χ0) is 49.6. The summed E-state index contributed by atoms with van der Waals surface area (Å²) in [7, 11) is 0. The quantitative estimate of drug-likeness (QED) is 0.0542. The van der Waals surface area contributed by atoms with Crippen molar-refractivity contribution >= 4 is 90.5 Å². The fourth-order valence-electron chi connectivity index (χ4n) is 5.88. The number of Topliss-reactive ketones (excluding diaryl/α,β-unsaturated/α-hetero) is 6. The molecule has 0 aliphatic heterocycles. The highest BCUT2D eigenvalue weighted by molar-refractivity contribution is 7.12. The number of carbonyl (C=O) groups is 6. The van der Waals surface area contributed by atoms with Gasteiger partial charge in [-0.2, -0.15) is 39.5 Å². The van der Waals surface area contributed by atoms with E-state index in [9.17, 15) is 68.3 Å². The van der Waals surface area contributed by atoms with Gasteiger partial charge in [0.25, 0.3) is 0 Å². The van der Waals surface area contributed by atoms with Crippen molar-refractivity contribution in [3.63, 3.8) is 0 Å². The minimum Gasteiger partial charge on any atom is -0.293 e. The maximum Gasteiger partial charge on any atom is 0.450 e. The van der Waals surface area contributed by atoms with Gasteiger partial charge in [-0.1, -0.05) is 91.0 Å². The number of fused-ring (bicyclic) bond motifs is 3. The lowest BCUT2D eigenvalue weighted by atomic mass is 9.97. The minimum absolute atomic E-state index is 0.169. The number of carbonyl (C=O) groups excluding carboxylic acids is 6. The number of alkyl halides is 9. The van der Waals surface area contributed by atoms with Crippen LogP contribution in [0.4, 0.5) is 39.5 Å². The highest BCUT2D eigenvalue weighted by atomic mass is 32.1. The molecular formula is C48H31F9N2O6S3. The summed E-state index contributed by atoms with van der Waals surface area (Å²) in [5, 5.41) is 6.94. The Kier molecular flexibility index (Phi) is 17.7. The number of hydrogen-bond donors (Lipinski definition) is 0. The predicted octanol–water partition coefficient (Wildman–Crippen LogP) is 13.5. The van der Waals surface area contributed by atoms with Crippen molar-refractivity contribution in [2.75, 3.05) is 0 Å². The number of rotatable bonds is 11. The Bertz CT molecular complexity index is 2730. The third kappa shape index (κ3) is 14.5. The first kappa shape index (κ1) is 51.9. The summed E-state index contributed by atoms with van der Waals surface area (Å²) in [5.41, 5.74) is 6.65. The van der Waals surface area contributed by atoms with E-state index in [1.54, 1.807) is 16.1 Å². The van der Waals surface area contributed by atoms with E-state index in [1.165, 1.54) is 58.7 Å². The summed E-state index contributed by atoms with van der Waals surface area (Å²) in [4.78, 5) is 74.3. The normalized spacial score (nSPS) is 11.2. The molecular weight excluding hydrogens is 968 g/mol. The lowest BCUT2D eigenvalue weighted by Crippen LogP contribution is -2.25. The van der Waals surface area contributed by atoms with Gasteiger partial charge in [-0.25, -0.2) is 0 Å². The van der Waals surface area contributed by atoms with Crippen molar-refractivity contribution in [2.45, 2.75) is 37.8 Å². The van der Waals surface area contributed by atoms with Crippen LogP contribution >= 0.6 is 34.0 Å². The summed E-state index contributed by atoms with van der Waals surface area (Å²) >= 11 is 3.04. The van der Waals surface area contributed by atoms with E-state index in [0.29, 0.717) is 0 Å². The molecule has 350 valence electrons. The number of pyridine rings is 2. The van der Waals surface area contributed by atoms with E-state index < -0.39 is 72.5 Å². The van der Waals surface area contributed by atoms with Crippen molar-refractivity contribution in [2.24, 2.45) is 0 Å². The van der Waals surface area contributed by atoms with Crippen LogP contribution in [-0.2, 0) is 14.4 Å². The largest absolute Gasteiger partial charge is 0.450 e. The number of ketones is 6. The number of benzene rings is 3. The molecule has 0 saturated carbocycles. The first-order valence-electron chi connectivity index (χ1n) is 19.4. The molecule has 5 aromatic heterocycles. The molecule has 20 heteroatoms. The molecule has 0 bridgehead atoms. The van der Waals surface area contributed by atoms with Crippen molar-refractivity contribution in [3.05, 3.63) is 164 Å². The summed E-state index contributed by atoms with van der Waals surface area (Å²) in [6.45, 7) is 0. The van der Waals surface area contributed by atoms with Crippen molar-refractivity contribution in [1.82, 2.24) is 9.97 Å². The number of halogens is 9. The van der Waals surface area contributed by atoms with Crippen LogP contribution in [0.3, 0.4) is 0 Å². The van der Waals surface area contributed by atoms with E-state index in [4.69, 9.17) is 0 Å². The number of hydrogen-bond acceptors (Lipinski definition) is 11. The summed E-state index contributed by atoms with van der Waals surface area (Å²) in [6, 6.07) is 38.1. The Morgan fingerprint density at radius 3 is 0.926 bits per heavy atom. The van der Waals surface area contributed by atoms with Gasteiger partial charge in [-0.05, 0) is 68.7 Å². The lowest BCUT2D eigenvalue weighted by molar-refractivity contribution is -0.170. The Labute approximate surface area is 391 Å². The van der Waals surface area contributed by atoms with Crippen LogP contribution in [0, 0.1) is 0 Å². The smallest absolute Gasteiger partial charge is 0.293 e. The first-order chi connectivity index (χ1) is 32.1. The molecule has 68 heavy (non-hydrogen) atoms. The molecule has 0 atom stereocenters. The number of aromatic nitrogens is 2. The van der Waals surface area contributed by atoms with Gasteiger partial charge in [0.15, 0.2) is 17.3 Å². The van der Waals surface area contributed by atoms with E-state index in [0.717, 1.165) is 55.8 Å². The van der Waals surface area contributed by atoms with Gasteiger partial charge in [0.2, 0.25) is 17.3 Å². The lowest BCUT2D eigenvalue weighted by Gasteiger charge is -2.11. The number of thiophene rings is 3. The van der Waals surface area contributed by atoms with Crippen molar-refractivity contribution in [1.29, 1.82) is 0 Å². The maximum absolute atomic E-state index is 11.8. The Morgan fingerprint density at radius 1 is 0.382 bits per heavy atom. The molecule has 0 saturated heterocycles. The first-order valence-corrected chi connectivity index (χ1v) is 22.1. The fourth-order valence-corrected chi connectivity index (χ4v) is 7.87. The van der Waals surface area contributed by atoms with Crippen LogP contribution in [0.2, 0.25) is 0 Å². The molecule has 0 spiro atoms. The molecule has 0 radical (unpaired) electrons. The van der Waals surface area contributed by atoms with Crippen LogP contribution in [-0.4, -0.2) is 63.2 Å². The van der Waals surface area contributed by atoms with Crippen molar-refractivity contribution < 1.29 is 68.3 Å². The Balaban J connectivity index is 0.000000179. The standard InChI is InChI=1S/C24H16N2.3C8H5F3O2S/c1-3-7-17(8-4-1)19-13-15-25-23-21(19)11-12-22-20(14-16-26-24(22)23)18-9-5-2-6-10-18;3*9-8(10,11)7(13)4-5(12)6-2-1-3-14-6/h1-16H;3*1-3H,4H2. The molecule has 8 rings (SSSR count). The van der Waals surface area contributed by atoms with E-state index in [2.05, 4.69) is 82.8 Å². The summed E-state index contributed by atoms with van der Waals surface area (Å²) in [6.07, 6.45) is -14.3. The fraction of sp³-hybridized carbons (Fsp3) is 0.125. The van der Waals surface area contributed by atoms with Crippen LogP contribution in [0.15, 0.2) is 150 Å². The van der Waals surface area contributed by atoms with Crippen LogP contribution in [0.25, 0.3) is 44.1 Å². The zero-order valence-corrected chi connectivity index (χ0v) is 37.0. The number of nitrogens with zero attached hydrogens (tertiary/aromatic N) is 2. The van der Waals surface area contributed by atoms with Crippen molar-refractivity contribution in [3.8, 4) is 22.3 Å². The topological polar surface area (TPSA) is 128 Å². The molecule has 0 N–H and O–H groups in total. The molecule has 0 aliphatic rings. The van der Waals surface area contributed by atoms with Gasteiger partial charge in [-0.3, -0.25) is 38.7 Å². The molecule has 0 aliphatic carbocycles.